The molecular formula is C21H25NO3. The van der Waals surface area contributed by atoms with E-state index in [1.54, 1.807) is 0 Å². The molecule has 0 bridgehead atoms. The molecule has 132 valence electrons. The minimum atomic E-state index is 0.0168. The number of benzene rings is 2. The Kier molecular flexibility index (Phi) is 5.84. The number of carbonyl (C=O) groups excluding carboxylic acids is 1. The van der Waals surface area contributed by atoms with Gasteiger partial charge in [0.1, 0.15) is 0 Å². The van der Waals surface area contributed by atoms with E-state index in [-0.39, 0.29) is 18.6 Å². The van der Waals surface area contributed by atoms with Gasteiger partial charge in [-0.3, -0.25) is 4.79 Å². The van der Waals surface area contributed by atoms with E-state index in [2.05, 4.69) is 25.1 Å². The maximum atomic E-state index is 12.9. The van der Waals surface area contributed by atoms with Gasteiger partial charge in [0.25, 0.3) is 5.91 Å². The highest BCUT2D eigenvalue weighted by atomic mass is 16.5. The topological polar surface area (TPSA) is 49.8 Å². The van der Waals surface area contributed by atoms with E-state index in [0.29, 0.717) is 18.7 Å². The molecule has 25 heavy (non-hydrogen) atoms. The van der Waals surface area contributed by atoms with Crippen LogP contribution in [-0.2, 0) is 4.74 Å². The van der Waals surface area contributed by atoms with Crippen molar-refractivity contribution in [3.63, 3.8) is 0 Å². The highest BCUT2D eigenvalue weighted by molar-refractivity contribution is 5.95. The molecule has 1 atom stereocenters. The molecule has 1 heterocycles. The fraction of sp³-hybridized carbons (Fsp3) is 0.381. The van der Waals surface area contributed by atoms with Crippen molar-refractivity contribution < 1.29 is 14.6 Å². The molecule has 1 unspecified atom stereocenters. The molecule has 1 N–H and O–H groups in total. The van der Waals surface area contributed by atoms with Crippen LogP contribution in [0.4, 0.5) is 0 Å². The van der Waals surface area contributed by atoms with Gasteiger partial charge in [-0.05, 0) is 43.0 Å². The zero-order chi connectivity index (χ0) is 17.6. The van der Waals surface area contributed by atoms with Crippen LogP contribution in [0.2, 0.25) is 0 Å². The van der Waals surface area contributed by atoms with Crippen molar-refractivity contribution >= 4 is 5.91 Å². The summed E-state index contributed by atoms with van der Waals surface area (Å²) in [6.45, 7) is 3.76. The van der Waals surface area contributed by atoms with Gasteiger partial charge >= 0.3 is 0 Å². The normalized spacial score (nSPS) is 17.5. The molecule has 0 radical (unpaired) electrons. The smallest absolute Gasteiger partial charge is 0.253 e. The minimum Gasteiger partial charge on any atom is -0.394 e. The Morgan fingerprint density at radius 2 is 1.96 bits per heavy atom. The van der Waals surface area contributed by atoms with Crippen LogP contribution in [0.15, 0.2) is 48.5 Å². The number of amides is 1. The molecule has 0 saturated carbocycles. The Labute approximate surface area is 149 Å². The van der Waals surface area contributed by atoms with Crippen molar-refractivity contribution in [1.82, 2.24) is 4.90 Å². The van der Waals surface area contributed by atoms with Crippen LogP contribution < -0.4 is 0 Å². The van der Waals surface area contributed by atoms with Crippen LogP contribution in [-0.4, -0.2) is 48.3 Å². The number of nitrogens with zero attached hydrogens (tertiary/aromatic N) is 1. The molecule has 1 aliphatic rings. The van der Waals surface area contributed by atoms with E-state index >= 15 is 0 Å². The zero-order valence-electron chi connectivity index (χ0n) is 14.6. The third-order valence-electron chi connectivity index (χ3n) is 4.57. The van der Waals surface area contributed by atoms with E-state index in [1.165, 1.54) is 5.56 Å². The van der Waals surface area contributed by atoms with E-state index < -0.39 is 0 Å². The summed E-state index contributed by atoms with van der Waals surface area (Å²) in [4.78, 5) is 14.8. The summed E-state index contributed by atoms with van der Waals surface area (Å²) >= 11 is 0. The highest BCUT2D eigenvalue weighted by Gasteiger charge is 2.25. The SMILES string of the molecule is Cc1cccc(-c2cccc(C(=O)N3CCCC(OCCO)C3)c2)c1. The number of likely N-dealkylation sites (tertiary alicyclic amines) is 1. The number of aryl methyl sites for hydroxylation is 1. The lowest BCUT2D eigenvalue weighted by Gasteiger charge is -2.32. The summed E-state index contributed by atoms with van der Waals surface area (Å²) in [7, 11) is 0. The minimum absolute atomic E-state index is 0.0168. The quantitative estimate of drug-likeness (QED) is 0.909. The molecule has 3 rings (SSSR count). The lowest BCUT2D eigenvalue weighted by molar-refractivity contribution is -0.0110. The van der Waals surface area contributed by atoms with Gasteiger partial charge in [0.2, 0.25) is 0 Å². The number of rotatable bonds is 5. The van der Waals surface area contributed by atoms with Gasteiger partial charge in [-0.15, -0.1) is 0 Å². The third kappa shape index (κ3) is 4.47. The summed E-state index contributed by atoms with van der Waals surface area (Å²) < 4.78 is 5.61. The van der Waals surface area contributed by atoms with Gasteiger partial charge in [-0.25, -0.2) is 0 Å². The number of aliphatic hydroxyl groups excluding tert-OH is 1. The van der Waals surface area contributed by atoms with Crippen LogP contribution in [0.1, 0.15) is 28.8 Å². The number of hydrogen-bond acceptors (Lipinski definition) is 3. The average Bonchev–Trinajstić information content (AvgIpc) is 2.66. The van der Waals surface area contributed by atoms with Gasteiger partial charge in [-0.1, -0.05) is 42.0 Å². The summed E-state index contributed by atoms with van der Waals surface area (Å²) in [5, 5.41) is 8.90. The van der Waals surface area contributed by atoms with Crippen molar-refractivity contribution in [2.75, 3.05) is 26.3 Å². The Morgan fingerprint density at radius 3 is 2.72 bits per heavy atom. The molecular weight excluding hydrogens is 314 g/mol. The Hall–Kier alpha value is -2.17. The van der Waals surface area contributed by atoms with Gasteiger partial charge in [0, 0.05) is 18.7 Å². The Balaban J connectivity index is 1.75. The molecule has 0 aliphatic carbocycles. The van der Waals surface area contributed by atoms with Gasteiger partial charge < -0.3 is 14.7 Å². The maximum absolute atomic E-state index is 12.9. The summed E-state index contributed by atoms with van der Waals surface area (Å²) in [5.41, 5.74) is 4.09. The van der Waals surface area contributed by atoms with Crippen molar-refractivity contribution in [3.05, 3.63) is 59.7 Å². The molecule has 4 heteroatoms. The average molecular weight is 339 g/mol. The monoisotopic (exact) mass is 339 g/mol. The molecule has 1 aliphatic heterocycles. The van der Waals surface area contributed by atoms with Crippen molar-refractivity contribution in [3.8, 4) is 11.1 Å². The summed E-state index contributed by atoms with van der Waals surface area (Å²) in [5.74, 6) is 0.0480. The van der Waals surface area contributed by atoms with E-state index in [0.717, 1.165) is 30.5 Å². The first-order valence-electron chi connectivity index (χ1n) is 8.86. The van der Waals surface area contributed by atoms with Crippen LogP contribution in [0.5, 0.6) is 0 Å². The Bertz CT molecular complexity index is 729. The number of ether oxygens (including phenoxy) is 1. The molecule has 1 fully saturated rings. The van der Waals surface area contributed by atoms with Crippen LogP contribution in [0.25, 0.3) is 11.1 Å². The first kappa shape index (κ1) is 17.6. The molecule has 0 spiro atoms. The van der Waals surface area contributed by atoms with E-state index in [9.17, 15) is 4.79 Å². The van der Waals surface area contributed by atoms with Gasteiger partial charge in [0.15, 0.2) is 0 Å². The fourth-order valence-electron chi connectivity index (χ4n) is 3.32. The van der Waals surface area contributed by atoms with Crippen molar-refractivity contribution in [1.29, 1.82) is 0 Å². The molecule has 1 amide bonds. The second-order valence-corrected chi connectivity index (χ2v) is 6.56. The van der Waals surface area contributed by atoms with Crippen molar-refractivity contribution in [2.24, 2.45) is 0 Å². The number of piperidine rings is 1. The predicted molar refractivity (Wildman–Crippen MR) is 98.6 cm³/mol. The molecule has 2 aromatic rings. The maximum Gasteiger partial charge on any atom is 0.253 e. The lowest BCUT2D eigenvalue weighted by Crippen LogP contribution is -2.43. The van der Waals surface area contributed by atoms with Gasteiger partial charge in [-0.2, -0.15) is 0 Å². The Morgan fingerprint density at radius 1 is 1.20 bits per heavy atom. The second kappa shape index (κ2) is 8.28. The second-order valence-electron chi connectivity index (χ2n) is 6.56. The third-order valence-corrected chi connectivity index (χ3v) is 4.57. The van der Waals surface area contributed by atoms with Crippen LogP contribution in [0, 0.1) is 6.92 Å². The largest absolute Gasteiger partial charge is 0.394 e. The number of carbonyl (C=O) groups is 1. The van der Waals surface area contributed by atoms with Crippen LogP contribution >= 0.6 is 0 Å². The molecule has 4 nitrogen and oxygen atoms in total. The van der Waals surface area contributed by atoms with Gasteiger partial charge in [0.05, 0.1) is 19.3 Å². The fourth-order valence-corrected chi connectivity index (χ4v) is 3.32. The van der Waals surface area contributed by atoms with Crippen LogP contribution in [0.3, 0.4) is 0 Å². The first-order chi connectivity index (χ1) is 12.2. The molecule has 2 aromatic carbocycles. The first-order valence-corrected chi connectivity index (χ1v) is 8.86. The summed E-state index contributed by atoms with van der Waals surface area (Å²) in [6, 6.07) is 16.1. The summed E-state index contributed by atoms with van der Waals surface area (Å²) in [6.07, 6.45) is 1.89. The molecule has 0 aromatic heterocycles. The standard InChI is InChI=1S/C21H25NO3/c1-16-5-2-6-17(13-16)18-7-3-8-19(14-18)21(24)22-10-4-9-20(15-22)25-12-11-23/h2-3,5-8,13-14,20,23H,4,9-12,15H2,1H3. The number of hydrogen-bond donors (Lipinski definition) is 1. The van der Waals surface area contributed by atoms with E-state index in [1.807, 2.05) is 35.2 Å². The predicted octanol–water partition coefficient (Wildman–Crippen LogP) is 3.28. The zero-order valence-corrected chi connectivity index (χ0v) is 14.6. The van der Waals surface area contributed by atoms with Crippen molar-refractivity contribution in [2.45, 2.75) is 25.9 Å². The van der Waals surface area contributed by atoms with E-state index in [4.69, 9.17) is 9.84 Å². The lowest BCUT2D eigenvalue weighted by atomic mass is 10.0. The molecule has 1 saturated heterocycles. The number of aliphatic hydroxyl groups is 1. The highest BCUT2D eigenvalue weighted by Crippen LogP contribution is 2.23.